The first kappa shape index (κ1) is 14.8. The molecule has 6 N–H and O–H groups in total. The van der Waals surface area contributed by atoms with Crippen LogP contribution in [0.3, 0.4) is 0 Å². The second-order valence-electron chi connectivity index (χ2n) is 4.86. The summed E-state index contributed by atoms with van der Waals surface area (Å²) in [6.45, 7) is 0. The number of rotatable bonds is 4. The molecule has 0 aromatic heterocycles. The SMILES string of the molecule is COc1cc(C2=NC3N=C(N)NC(N)=C3N2)cc(OC)c1OC. The van der Waals surface area contributed by atoms with Crippen LogP contribution in [0.4, 0.5) is 0 Å². The number of ether oxygens (including phenoxy) is 3. The summed E-state index contributed by atoms with van der Waals surface area (Å²) in [7, 11) is 4.66. The number of amidine groups is 1. The van der Waals surface area contributed by atoms with Crippen LogP contribution in [-0.4, -0.2) is 39.3 Å². The van der Waals surface area contributed by atoms with Gasteiger partial charge in [0.2, 0.25) is 5.75 Å². The highest BCUT2D eigenvalue weighted by Gasteiger charge is 2.30. The van der Waals surface area contributed by atoms with E-state index in [1.807, 2.05) is 0 Å². The number of nitrogens with two attached hydrogens (primary N) is 2. The van der Waals surface area contributed by atoms with Crippen molar-refractivity contribution in [2.75, 3.05) is 21.3 Å². The van der Waals surface area contributed by atoms with Crippen molar-refractivity contribution in [2.24, 2.45) is 21.5 Å². The average Bonchev–Trinajstić information content (AvgIpc) is 2.97. The van der Waals surface area contributed by atoms with E-state index in [9.17, 15) is 0 Å². The van der Waals surface area contributed by atoms with Gasteiger partial charge < -0.3 is 36.3 Å². The number of benzene rings is 1. The van der Waals surface area contributed by atoms with E-state index in [2.05, 4.69) is 20.6 Å². The monoisotopic (exact) mass is 318 g/mol. The van der Waals surface area contributed by atoms with Crippen molar-refractivity contribution < 1.29 is 14.2 Å². The lowest BCUT2D eigenvalue weighted by molar-refractivity contribution is 0.324. The van der Waals surface area contributed by atoms with Crippen molar-refractivity contribution in [3.8, 4) is 17.2 Å². The van der Waals surface area contributed by atoms with Crippen LogP contribution in [0.5, 0.6) is 17.2 Å². The highest BCUT2D eigenvalue weighted by Crippen LogP contribution is 2.38. The molecular formula is C14H18N6O3. The van der Waals surface area contributed by atoms with Gasteiger partial charge in [-0.1, -0.05) is 0 Å². The summed E-state index contributed by atoms with van der Waals surface area (Å²) in [5.74, 6) is 2.79. The van der Waals surface area contributed by atoms with Crippen molar-refractivity contribution in [3.05, 3.63) is 29.2 Å². The molecule has 1 unspecified atom stereocenters. The van der Waals surface area contributed by atoms with Gasteiger partial charge >= 0.3 is 0 Å². The number of aliphatic imine (C=N–C) groups is 2. The van der Waals surface area contributed by atoms with Gasteiger partial charge in [0.05, 0.1) is 21.3 Å². The maximum Gasteiger partial charge on any atom is 0.203 e. The summed E-state index contributed by atoms with van der Waals surface area (Å²) in [6.07, 6.45) is -0.481. The molecule has 0 saturated carbocycles. The molecule has 122 valence electrons. The van der Waals surface area contributed by atoms with E-state index in [-0.39, 0.29) is 5.96 Å². The maximum absolute atomic E-state index is 5.91. The summed E-state index contributed by atoms with van der Waals surface area (Å²) >= 11 is 0. The topological polar surface area (TPSA) is 129 Å². The zero-order valence-electron chi connectivity index (χ0n) is 13.0. The number of hydrogen-bond donors (Lipinski definition) is 4. The van der Waals surface area contributed by atoms with Crippen LogP contribution in [0.2, 0.25) is 0 Å². The molecule has 2 aliphatic heterocycles. The number of guanidine groups is 1. The Morgan fingerprint density at radius 1 is 0.957 bits per heavy atom. The number of fused-ring (bicyclic) bond motifs is 1. The van der Waals surface area contributed by atoms with Crippen molar-refractivity contribution in [2.45, 2.75) is 6.17 Å². The minimum atomic E-state index is -0.481. The lowest BCUT2D eigenvalue weighted by Gasteiger charge is -2.17. The highest BCUT2D eigenvalue weighted by molar-refractivity contribution is 6.03. The zero-order valence-corrected chi connectivity index (χ0v) is 13.0. The molecule has 0 amide bonds. The van der Waals surface area contributed by atoms with Gasteiger partial charge in [-0.15, -0.1) is 0 Å². The Labute approximate surface area is 133 Å². The summed E-state index contributed by atoms with van der Waals surface area (Å²) in [4.78, 5) is 8.69. The lowest BCUT2D eigenvalue weighted by atomic mass is 10.1. The van der Waals surface area contributed by atoms with Crippen molar-refractivity contribution in [1.29, 1.82) is 0 Å². The second-order valence-corrected chi connectivity index (χ2v) is 4.86. The van der Waals surface area contributed by atoms with Crippen LogP contribution < -0.4 is 36.3 Å². The van der Waals surface area contributed by atoms with E-state index in [1.165, 1.54) is 0 Å². The third kappa shape index (κ3) is 2.45. The first-order chi connectivity index (χ1) is 11.1. The molecule has 0 spiro atoms. The normalized spacial score (nSPS) is 19.2. The molecule has 0 radical (unpaired) electrons. The molecular weight excluding hydrogens is 300 g/mol. The van der Waals surface area contributed by atoms with Gasteiger partial charge in [-0.2, -0.15) is 0 Å². The molecule has 0 saturated heterocycles. The quantitative estimate of drug-likeness (QED) is 0.585. The van der Waals surface area contributed by atoms with E-state index in [1.54, 1.807) is 33.5 Å². The molecule has 0 aliphatic carbocycles. The number of hydrogen-bond acceptors (Lipinski definition) is 9. The van der Waals surface area contributed by atoms with Crippen LogP contribution in [0, 0.1) is 0 Å². The Kier molecular flexibility index (Phi) is 3.61. The summed E-state index contributed by atoms with van der Waals surface area (Å²) in [5, 5.41) is 5.91. The van der Waals surface area contributed by atoms with Gasteiger partial charge in [0.1, 0.15) is 17.4 Å². The van der Waals surface area contributed by atoms with Crippen LogP contribution in [-0.2, 0) is 0 Å². The predicted molar refractivity (Wildman–Crippen MR) is 85.5 cm³/mol. The average molecular weight is 318 g/mol. The molecule has 1 aromatic carbocycles. The van der Waals surface area contributed by atoms with Crippen LogP contribution in [0.15, 0.2) is 33.6 Å². The third-order valence-corrected chi connectivity index (χ3v) is 3.52. The fourth-order valence-electron chi connectivity index (χ4n) is 2.44. The minimum Gasteiger partial charge on any atom is -0.493 e. The first-order valence-electron chi connectivity index (χ1n) is 6.82. The predicted octanol–water partition coefficient (Wildman–Crippen LogP) is -0.566. The Balaban J connectivity index is 2.03. The molecule has 2 heterocycles. The van der Waals surface area contributed by atoms with Crippen molar-refractivity contribution in [1.82, 2.24) is 10.6 Å². The van der Waals surface area contributed by atoms with E-state index in [0.717, 1.165) is 5.56 Å². The molecule has 1 atom stereocenters. The molecule has 3 rings (SSSR count). The fraction of sp³-hybridized carbons (Fsp3) is 0.286. The molecule has 23 heavy (non-hydrogen) atoms. The van der Waals surface area contributed by atoms with Gasteiger partial charge in [-0.3, -0.25) is 0 Å². The first-order valence-corrected chi connectivity index (χ1v) is 6.82. The Morgan fingerprint density at radius 2 is 1.61 bits per heavy atom. The summed E-state index contributed by atoms with van der Waals surface area (Å²) in [6, 6.07) is 3.59. The van der Waals surface area contributed by atoms with Crippen LogP contribution >= 0.6 is 0 Å². The van der Waals surface area contributed by atoms with Crippen molar-refractivity contribution >= 4 is 11.8 Å². The van der Waals surface area contributed by atoms with Gasteiger partial charge in [0, 0.05) is 5.56 Å². The van der Waals surface area contributed by atoms with Crippen LogP contribution in [0.1, 0.15) is 5.56 Å². The van der Waals surface area contributed by atoms with Crippen LogP contribution in [0.25, 0.3) is 0 Å². The summed E-state index contributed by atoms with van der Waals surface area (Å²) in [5.41, 5.74) is 13.0. The largest absolute Gasteiger partial charge is 0.493 e. The van der Waals surface area contributed by atoms with E-state index in [0.29, 0.717) is 34.6 Å². The zero-order chi connectivity index (χ0) is 16.6. The number of methoxy groups -OCH3 is 3. The Bertz CT molecular complexity index is 715. The third-order valence-electron chi connectivity index (χ3n) is 3.52. The van der Waals surface area contributed by atoms with E-state index in [4.69, 9.17) is 25.7 Å². The maximum atomic E-state index is 5.91. The standard InChI is InChI=1S/C14H18N6O3/c1-21-7-4-6(5-8(22-2)10(7)23-3)12-17-9-11(15)18-14(16)20-13(9)19-12/h4-5,13H,15H2,1-3H3,(H,17,19)(H3,16,18,20). The molecule has 9 nitrogen and oxygen atoms in total. The Hall–Kier alpha value is -3.10. The molecule has 9 heteroatoms. The lowest BCUT2D eigenvalue weighted by Crippen LogP contribution is -2.42. The molecule has 2 aliphatic rings. The smallest absolute Gasteiger partial charge is 0.203 e. The van der Waals surface area contributed by atoms with Gasteiger partial charge in [-0.25, -0.2) is 9.98 Å². The van der Waals surface area contributed by atoms with Gasteiger partial charge in [-0.05, 0) is 12.1 Å². The second kappa shape index (κ2) is 5.59. The van der Waals surface area contributed by atoms with Gasteiger partial charge in [0.15, 0.2) is 23.6 Å². The molecule has 0 fully saturated rings. The highest BCUT2D eigenvalue weighted by atomic mass is 16.5. The molecule has 0 bridgehead atoms. The number of nitrogens with zero attached hydrogens (tertiary/aromatic N) is 2. The molecule has 1 aromatic rings. The summed E-state index contributed by atoms with van der Waals surface area (Å²) < 4.78 is 16.0. The fourth-order valence-corrected chi connectivity index (χ4v) is 2.44. The number of nitrogens with one attached hydrogen (secondary N) is 2. The van der Waals surface area contributed by atoms with Gasteiger partial charge in [0.25, 0.3) is 0 Å². The van der Waals surface area contributed by atoms with Crippen molar-refractivity contribution in [3.63, 3.8) is 0 Å². The Morgan fingerprint density at radius 3 is 2.17 bits per heavy atom. The van der Waals surface area contributed by atoms with E-state index < -0.39 is 6.17 Å². The van der Waals surface area contributed by atoms with E-state index >= 15 is 0 Å². The minimum absolute atomic E-state index is 0.230.